The lowest BCUT2D eigenvalue weighted by Gasteiger charge is -2.43. The number of amides is 1. The van der Waals surface area contributed by atoms with Gasteiger partial charge in [-0.2, -0.15) is 0 Å². The number of carbonyl (C=O) groups excluding carboxylic acids is 1. The number of imidazole rings is 1. The van der Waals surface area contributed by atoms with Gasteiger partial charge in [0.05, 0.1) is 6.33 Å². The minimum atomic E-state index is -0.882. The Hall–Kier alpha value is -1.43. The van der Waals surface area contributed by atoms with Crippen LogP contribution in [-0.2, 0) is 11.3 Å². The van der Waals surface area contributed by atoms with Crippen LogP contribution in [0.3, 0.4) is 0 Å². The van der Waals surface area contributed by atoms with Gasteiger partial charge in [0.2, 0.25) is 5.91 Å². The zero-order valence-corrected chi connectivity index (χ0v) is 19.3. The molecule has 2 aliphatic carbocycles. The Bertz CT molecular complexity index is 690. The number of hydrogen-bond donors (Lipinski definition) is 2. The SMILES string of the molecule is CC(NC(=O)C1CC(Cn2ccnc2)CC(C2CCC(F)NC2C)C1)C1CCCCC1. The number of nitrogens with one attached hydrogen (secondary N) is 2. The van der Waals surface area contributed by atoms with Gasteiger partial charge in [0, 0.05) is 36.9 Å². The number of alkyl halides is 1. The lowest BCUT2D eigenvalue weighted by atomic mass is 9.66. The zero-order chi connectivity index (χ0) is 21.8. The highest BCUT2D eigenvalue weighted by Gasteiger charge is 2.40. The maximum Gasteiger partial charge on any atom is 0.223 e. The van der Waals surface area contributed by atoms with Crippen molar-refractivity contribution in [2.45, 2.75) is 103 Å². The van der Waals surface area contributed by atoms with Crippen LogP contribution >= 0.6 is 0 Å². The maximum absolute atomic E-state index is 13.8. The summed E-state index contributed by atoms with van der Waals surface area (Å²) >= 11 is 0. The topological polar surface area (TPSA) is 59.0 Å². The van der Waals surface area contributed by atoms with E-state index in [4.69, 9.17) is 0 Å². The molecule has 1 aromatic rings. The third-order valence-corrected chi connectivity index (χ3v) is 8.41. The van der Waals surface area contributed by atoms with Gasteiger partial charge in [0.25, 0.3) is 0 Å². The quantitative estimate of drug-likeness (QED) is 0.642. The molecular weight excluding hydrogens is 391 g/mol. The standard InChI is InChI=1S/C25H41FN4O/c1-17(20-6-4-3-5-7-20)29-25(31)22-13-19(15-30-11-10-27-16-30)12-21(14-22)23-8-9-24(26)28-18(23)2/h10-11,16-24,28H,3-9,12-15H2,1-2H3,(H,29,31). The van der Waals surface area contributed by atoms with Crippen molar-refractivity contribution in [1.82, 2.24) is 20.2 Å². The molecule has 7 atom stereocenters. The Labute approximate surface area is 187 Å². The molecule has 7 unspecified atom stereocenters. The van der Waals surface area contributed by atoms with Crippen molar-refractivity contribution in [3.05, 3.63) is 18.7 Å². The van der Waals surface area contributed by atoms with Gasteiger partial charge in [0.1, 0.15) is 0 Å². The van der Waals surface area contributed by atoms with E-state index in [0.29, 0.717) is 30.1 Å². The number of hydrogen-bond acceptors (Lipinski definition) is 3. The summed E-state index contributed by atoms with van der Waals surface area (Å²) in [5.41, 5.74) is 0. The molecule has 0 bridgehead atoms. The van der Waals surface area contributed by atoms with Gasteiger partial charge in [-0.15, -0.1) is 0 Å². The number of halogens is 1. The Balaban J connectivity index is 1.42. The highest BCUT2D eigenvalue weighted by Crippen LogP contribution is 2.42. The number of piperidine rings is 1. The van der Waals surface area contributed by atoms with Crippen LogP contribution < -0.4 is 10.6 Å². The van der Waals surface area contributed by atoms with E-state index in [-0.39, 0.29) is 23.9 Å². The Morgan fingerprint density at radius 1 is 1.19 bits per heavy atom. The summed E-state index contributed by atoms with van der Waals surface area (Å²) in [6, 6.07) is 0.438. The van der Waals surface area contributed by atoms with E-state index in [1.807, 2.05) is 18.7 Å². The van der Waals surface area contributed by atoms with E-state index >= 15 is 0 Å². The van der Waals surface area contributed by atoms with Gasteiger partial charge in [-0.1, -0.05) is 19.3 Å². The summed E-state index contributed by atoms with van der Waals surface area (Å²) < 4.78 is 16.0. The van der Waals surface area contributed by atoms with Gasteiger partial charge >= 0.3 is 0 Å². The molecule has 3 aliphatic rings. The molecule has 3 fully saturated rings. The van der Waals surface area contributed by atoms with E-state index < -0.39 is 6.30 Å². The molecule has 2 N–H and O–H groups in total. The molecule has 1 aromatic heterocycles. The third kappa shape index (κ3) is 5.88. The van der Waals surface area contributed by atoms with Crippen LogP contribution in [0, 0.1) is 29.6 Å². The summed E-state index contributed by atoms with van der Waals surface area (Å²) in [6.45, 7) is 5.24. The van der Waals surface area contributed by atoms with Gasteiger partial charge < -0.3 is 9.88 Å². The van der Waals surface area contributed by atoms with Gasteiger partial charge in [-0.05, 0) is 82.5 Å². The van der Waals surface area contributed by atoms with Crippen molar-refractivity contribution in [2.75, 3.05) is 0 Å². The van der Waals surface area contributed by atoms with Crippen LogP contribution in [0.2, 0.25) is 0 Å². The van der Waals surface area contributed by atoms with E-state index in [0.717, 1.165) is 32.2 Å². The molecule has 0 radical (unpaired) electrons. The van der Waals surface area contributed by atoms with Crippen LogP contribution in [0.15, 0.2) is 18.7 Å². The van der Waals surface area contributed by atoms with Crippen LogP contribution in [0.5, 0.6) is 0 Å². The lowest BCUT2D eigenvalue weighted by Crippen LogP contribution is -2.49. The monoisotopic (exact) mass is 432 g/mol. The molecule has 0 spiro atoms. The van der Waals surface area contributed by atoms with Crippen molar-refractivity contribution in [3.8, 4) is 0 Å². The molecule has 0 aromatic carbocycles. The van der Waals surface area contributed by atoms with Crippen LogP contribution in [0.1, 0.15) is 78.1 Å². The van der Waals surface area contributed by atoms with Gasteiger partial charge in [0.15, 0.2) is 6.30 Å². The predicted molar refractivity (Wildman–Crippen MR) is 121 cm³/mol. The van der Waals surface area contributed by atoms with Crippen molar-refractivity contribution in [2.24, 2.45) is 29.6 Å². The van der Waals surface area contributed by atoms with Crippen molar-refractivity contribution in [3.63, 3.8) is 0 Å². The molecule has 5 nitrogen and oxygen atoms in total. The molecule has 2 saturated carbocycles. The second-order valence-corrected chi connectivity index (χ2v) is 10.6. The fourth-order valence-corrected chi connectivity index (χ4v) is 6.71. The summed E-state index contributed by atoms with van der Waals surface area (Å²) in [7, 11) is 0. The Morgan fingerprint density at radius 3 is 2.71 bits per heavy atom. The second kappa shape index (κ2) is 10.5. The average molecular weight is 433 g/mol. The molecule has 6 heteroatoms. The van der Waals surface area contributed by atoms with Crippen molar-refractivity contribution >= 4 is 5.91 Å². The molecule has 1 saturated heterocycles. The largest absolute Gasteiger partial charge is 0.353 e. The summed E-state index contributed by atoms with van der Waals surface area (Å²) in [5.74, 6) is 2.32. The van der Waals surface area contributed by atoms with E-state index in [2.05, 4.69) is 34.0 Å². The number of rotatable bonds is 6. The number of carbonyl (C=O) groups is 1. The summed E-state index contributed by atoms with van der Waals surface area (Å²) in [6.07, 6.45) is 15.8. The zero-order valence-electron chi connectivity index (χ0n) is 19.3. The molecule has 31 heavy (non-hydrogen) atoms. The van der Waals surface area contributed by atoms with Crippen molar-refractivity contribution in [1.29, 1.82) is 0 Å². The second-order valence-electron chi connectivity index (χ2n) is 10.6. The molecule has 1 amide bonds. The molecule has 1 aliphatic heterocycles. The minimum absolute atomic E-state index is 0.0635. The molecule has 174 valence electrons. The first-order chi connectivity index (χ1) is 15.0. The molecule has 2 heterocycles. The first-order valence-corrected chi connectivity index (χ1v) is 12.7. The highest BCUT2D eigenvalue weighted by atomic mass is 19.1. The van der Waals surface area contributed by atoms with E-state index in [1.165, 1.54) is 32.1 Å². The number of nitrogens with zero attached hydrogens (tertiary/aromatic N) is 2. The van der Waals surface area contributed by atoms with Crippen LogP contribution in [0.4, 0.5) is 4.39 Å². The molecule has 4 rings (SSSR count). The third-order valence-electron chi connectivity index (χ3n) is 8.41. The van der Waals surface area contributed by atoms with E-state index in [1.54, 1.807) is 0 Å². The van der Waals surface area contributed by atoms with Crippen molar-refractivity contribution < 1.29 is 9.18 Å². The highest BCUT2D eigenvalue weighted by molar-refractivity contribution is 5.79. The maximum atomic E-state index is 13.8. The normalized spacial score (nSPS) is 36.1. The lowest BCUT2D eigenvalue weighted by molar-refractivity contribution is -0.129. The Kier molecular flexibility index (Phi) is 7.68. The summed E-state index contributed by atoms with van der Waals surface area (Å²) in [4.78, 5) is 17.5. The fourth-order valence-electron chi connectivity index (χ4n) is 6.71. The summed E-state index contributed by atoms with van der Waals surface area (Å²) in [5, 5.41) is 6.53. The smallest absolute Gasteiger partial charge is 0.223 e. The molecular formula is C25H41FN4O. The van der Waals surface area contributed by atoms with Crippen LogP contribution in [-0.4, -0.2) is 33.8 Å². The van der Waals surface area contributed by atoms with Gasteiger partial charge in [-0.3, -0.25) is 10.1 Å². The first kappa shape index (κ1) is 22.8. The average Bonchev–Trinajstić information content (AvgIpc) is 3.27. The first-order valence-electron chi connectivity index (χ1n) is 12.7. The fraction of sp³-hybridized carbons (Fsp3) is 0.840. The minimum Gasteiger partial charge on any atom is -0.353 e. The number of aromatic nitrogens is 2. The van der Waals surface area contributed by atoms with E-state index in [9.17, 15) is 9.18 Å². The Morgan fingerprint density at radius 2 is 2.00 bits per heavy atom. The van der Waals surface area contributed by atoms with Crippen LogP contribution in [0.25, 0.3) is 0 Å². The van der Waals surface area contributed by atoms with Gasteiger partial charge in [-0.25, -0.2) is 9.37 Å². The predicted octanol–water partition coefficient (Wildman–Crippen LogP) is 4.68.